The van der Waals surface area contributed by atoms with E-state index in [1.807, 2.05) is 0 Å². The molecule has 0 aromatic rings. The first-order valence-electron chi connectivity index (χ1n) is 5.75. The van der Waals surface area contributed by atoms with Crippen LogP contribution < -0.4 is 5.73 Å². The van der Waals surface area contributed by atoms with Crippen molar-refractivity contribution in [2.75, 3.05) is 19.6 Å². The van der Waals surface area contributed by atoms with E-state index in [1.54, 1.807) is 0 Å². The Morgan fingerprint density at radius 3 is 2.60 bits per heavy atom. The Kier molecular flexibility index (Phi) is 4.12. The van der Waals surface area contributed by atoms with Gasteiger partial charge in [0.1, 0.15) is 0 Å². The van der Waals surface area contributed by atoms with E-state index in [0.29, 0.717) is 17.9 Å². The van der Waals surface area contributed by atoms with Crippen molar-refractivity contribution in [1.82, 2.24) is 4.90 Å². The Labute approximate surface area is 93.2 Å². The molecule has 1 aliphatic heterocycles. The van der Waals surface area contributed by atoms with Gasteiger partial charge in [0.25, 0.3) is 0 Å². The molecular weight excluding hydrogens is 186 g/mol. The molecule has 2 N–H and O–H groups in total. The average molecular weight is 209 g/mol. The minimum absolute atomic E-state index is 0.249. The van der Waals surface area contributed by atoms with Gasteiger partial charge in [-0.3, -0.25) is 4.90 Å². The van der Waals surface area contributed by atoms with Crippen LogP contribution in [0.3, 0.4) is 0 Å². The van der Waals surface area contributed by atoms with Gasteiger partial charge in [-0.15, -0.1) is 0 Å². The van der Waals surface area contributed by atoms with Gasteiger partial charge in [-0.2, -0.15) is 5.26 Å². The van der Waals surface area contributed by atoms with E-state index in [4.69, 9.17) is 11.0 Å². The summed E-state index contributed by atoms with van der Waals surface area (Å²) in [6.07, 6.45) is 2.31. The molecule has 1 rings (SSSR count). The molecule has 3 nitrogen and oxygen atoms in total. The highest BCUT2D eigenvalue weighted by molar-refractivity contribution is 4.87. The Bertz CT molecular complexity index is 236. The summed E-state index contributed by atoms with van der Waals surface area (Å²) in [4.78, 5) is 2.19. The van der Waals surface area contributed by atoms with Crippen LogP contribution >= 0.6 is 0 Å². The molecule has 1 fully saturated rings. The highest BCUT2D eigenvalue weighted by Crippen LogP contribution is 2.29. The van der Waals surface area contributed by atoms with Crippen molar-refractivity contribution in [1.29, 1.82) is 5.26 Å². The third kappa shape index (κ3) is 4.63. The first-order chi connectivity index (χ1) is 6.90. The quantitative estimate of drug-likeness (QED) is 0.703. The molecule has 0 bridgehead atoms. The van der Waals surface area contributed by atoms with Gasteiger partial charge >= 0.3 is 0 Å². The van der Waals surface area contributed by atoms with Crippen LogP contribution in [0.15, 0.2) is 0 Å². The first kappa shape index (κ1) is 12.5. The zero-order valence-electron chi connectivity index (χ0n) is 10.2. The van der Waals surface area contributed by atoms with Crippen molar-refractivity contribution in [3.63, 3.8) is 0 Å². The summed E-state index contributed by atoms with van der Waals surface area (Å²) in [5.74, 6) is 0.655. The maximum atomic E-state index is 8.69. The molecular formula is C12H23N3. The zero-order chi connectivity index (χ0) is 11.5. The lowest BCUT2D eigenvalue weighted by atomic mass is 9.80. The van der Waals surface area contributed by atoms with E-state index in [2.05, 4.69) is 31.7 Å². The third-order valence-electron chi connectivity index (χ3n) is 2.84. The van der Waals surface area contributed by atoms with Gasteiger partial charge in [0, 0.05) is 19.1 Å². The van der Waals surface area contributed by atoms with E-state index in [1.165, 1.54) is 6.42 Å². The number of hydrogen-bond acceptors (Lipinski definition) is 3. The van der Waals surface area contributed by atoms with Gasteiger partial charge < -0.3 is 5.73 Å². The first-order valence-corrected chi connectivity index (χ1v) is 5.75. The molecule has 0 amide bonds. The van der Waals surface area contributed by atoms with E-state index < -0.39 is 0 Å². The maximum Gasteiger partial charge on any atom is 0.0866 e. The molecule has 0 spiro atoms. The summed E-state index contributed by atoms with van der Waals surface area (Å²) in [6.45, 7) is 9.24. The van der Waals surface area contributed by atoms with Gasteiger partial charge in [-0.25, -0.2) is 0 Å². The number of nitrogens with zero attached hydrogens (tertiary/aromatic N) is 2. The van der Waals surface area contributed by atoms with Gasteiger partial charge in [-0.1, -0.05) is 20.8 Å². The van der Waals surface area contributed by atoms with Crippen LogP contribution in [0.4, 0.5) is 0 Å². The summed E-state index contributed by atoms with van der Waals surface area (Å²) < 4.78 is 0. The lowest BCUT2D eigenvalue weighted by molar-refractivity contribution is 0.138. The number of rotatable bonds is 2. The van der Waals surface area contributed by atoms with E-state index in [9.17, 15) is 0 Å². The molecule has 86 valence electrons. The molecule has 0 radical (unpaired) electrons. The summed E-state index contributed by atoms with van der Waals surface area (Å²) in [6, 6.07) is 2.46. The SMILES string of the molecule is CC(C)(C)CC1CC(N)CN(CC#N)C1. The summed E-state index contributed by atoms with van der Waals surface area (Å²) in [5.41, 5.74) is 6.37. The minimum Gasteiger partial charge on any atom is -0.327 e. The van der Waals surface area contributed by atoms with Crippen LogP contribution in [0, 0.1) is 22.7 Å². The van der Waals surface area contributed by atoms with Crippen LogP contribution in [-0.4, -0.2) is 30.6 Å². The van der Waals surface area contributed by atoms with Crippen LogP contribution in [0.5, 0.6) is 0 Å². The van der Waals surface area contributed by atoms with Gasteiger partial charge in [0.15, 0.2) is 0 Å². The second-order valence-corrected chi connectivity index (χ2v) is 5.98. The van der Waals surface area contributed by atoms with Gasteiger partial charge in [0.05, 0.1) is 12.6 Å². The van der Waals surface area contributed by atoms with Gasteiger partial charge in [-0.05, 0) is 24.2 Å². The normalized spacial score (nSPS) is 28.7. The van der Waals surface area contributed by atoms with Crippen LogP contribution in [0.2, 0.25) is 0 Å². The zero-order valence-corrected chi connectivity index (χ0v) is 10.2. The van der Waals surface area contributed by atoms with Crippen LogP contribution in [-0.2, 0) is 0 Å². The van der Waals surface area contributed by atoms with Crippen molar-refractivity contribution in [3.05, 3.63) is 0 Å². The highest BCUT2D eigenvalue weighted by Gasteiger charge is 2.27. The van der Waals surface area contributed by atoms with E-state index in [-0.39, 0.29) is 6.04 Å². The average Bonchev–Trinajstić information content (AvgIpc) is 1.99. The monoisotopic (exact) mass is 209 g/mol. The molecule has 15 heavy (non-hydrogen) atoms. The fourth-order valence-electron chi connectivity index (χ4n) is 2.59. The van der Waals surface area contributed by atoms with Crippen molar-refractivity contribution < 1.29 is 0 Å². The number of nitrogens with two attached hydrogens (primary N) is 1. The molecule has 3 heteroatoms. The summed E-state index contributed by atoms with van der Waals surface area (Å²) in [7, 11) is 0. The molecule has 1 saturated heterocycles. The molecule has 1 aliphatic rings. The number of likely N-dealkylation sites (tertiary alicyclic amines) is 1. The smallest absolute Gasteiger partial charge is 0.0866 e. The molecule has 0 aromatic carbocycles. The van der Waals surface area contributed by atoms with Crippen molar-refractivity contribution in [2.45, 2.75) is 39.7 Å². The fourth-order valence-corrected chi connectivity index (χ4v) is 2.59. The lowest BCUT2D eigenvalue weighted by Gasteiger charge is -2.37. The fraction of sp³-hybridized carbons (Fsp3) is 0.917. The van der Waals surface area contributed by atoms with Gasteiger partial charge in [0.2, 0.25) is 0 Å². The number of nitriles is 1. The highest BCUT2D eigenvalue weighted by atomic mass is 15.1. The standard InChI is InChI=1S/C12H23N3/c1-12(2,3)7-10-6-11(14)9-15(8-10)5-4-13/h10-11H,5-9,14H2,1-3H3. The number of piperidine rings is 1. The second-order valence-electron chi connectivity index (χ2n) is 5.98. The molecule has 0 aromatic heterocycles. The van der Waals surface area contributed by atoms with E-state index >= 15 is 0 Å². The van der Waals surface area contributed by atoms with Crippen molar-refractivity contribution in [2.24, 2.45) is 17.1 Å². The largest absolute Gasteiger partial charge is 0.327 e. The van der Waals surface area contributed by atoms with Crippen LogP contribution in [0.1, 0.15) is 33.6 Å². The molecule has 2 unspecified atom stereocenters. The Morgan fingerprint density at radius 2 is 2.07 bits per heavy atom. The number of hydrogen-bond donors (Lipinski definition) is 1. The van der Waals surface area contributed by atoms with E-state index in [0.717, 1.165) is 19.5 Å². The lowest BCUT2D eigenvalue weighted by Crippen LogP contribution is -2.47. The molecule has 1 heterocycles. The predicted octanol–water partition coefficient (Wildman–Crippen LogP) is 1.60. The Hall–Kier alpha value is -0.590. The van der Waals surface area contributed by atoms with Crippen LogP contribution in [0.25, 0.3) is 0 Å². The second kappa shape index (κ2) is 4.96. The topological polar surface area (TPSA) is 53.0 Å². The summed E-state index contributed by atoms with van der Waals surface area (Å²) >= 11 is 0. The maximum absolute atomic E-state index is 8.69. The summed E-state index contributed by atoms with van der Waals surface area (Å²) in [5, 5.41) is 8.69. The molecule has 0 aliphatic carbocycles. The molecule has 2 atom stereocenters. The minimum atomic E-state index is 0.249. The predicted molar refractivity (Wildman–Crippen MR) is 62.2 cm³/mol. The van der Waals surface area contributed by atoms with Crippen molar-refractivity contribution in [3.8, 4) is 6.07 Å². The Balaban J connectivity index is 2.49. The van der Waals surface area contributed by atoms with Crippen molar-refractivity contribution >= 4 is 0 Å². The molecule has 0 saturated carbocycles. The third-order valence-corrected chi connectivity index (χ3v) is 2.84. The Morgan fingerprint density at radius 1 is 1.40 bits per heavy atom.